The summed E-state index contributed by atoms with van der Waals surface area (Å²) in [4.78, 5) is 14.0. The molecule has 0 unspecified atom stereocenters. The minimum atomic E-state index is -0.0771. The Morgan fingerprint density at radius 2 is 2.32 bits per heavy atom. The molecule has 2 aromatic rings. The van der Waals surface area contributed by atoms with Crippen LogP contribution in [0.4, 0.5) is 4.79 Å². The molecule has 1 N–H and O–H groups in total. The summed E-state index contributed by atoms with van der Waals surface area (Å²) in [6, 6.07) is 3.87. The number of urea groups is 1. The molecule has 0 saturated heterocycles. The summed E-state index contributed by atoms with van der Waals surface area (Å²) in [5, 5.41) is 6.61. The minimum Gasteiger partial charge on any atom is -0.472 e. The number of hydrogen-bond donors (Lipinski definition) is 1. The van der Waals surface area contributed by atoms with Crippen molar-refractivity contribution in [2.45, 2.75) is 32.0 Å². The molecule has 0 spiro atoms. The molecule has 0 aromatic carbocycles. The Balaban J connectivity index is 1.58. The highest BCUT2D eigenvalue weighted by atomic mass is 16.5. The van der Waals surface area contributed by atoms with Gasteiger partial charge in [0, 0.05) is 17.7 Å². The molecular formula is C13H15N3O3. The maximum atomic E-state index is 12.2. The van der Waals surface area contributed by atoms with Crippen molar-refractivity contribution >= 4 is 6.03 Å². The number of nitrogens with zero attached hydrogens (tertiary/aromatic N) is 2. The van der Waals surface area contributed by atoms with E-state index >= 15 is 0 Å². The molecule has 100 valence electrons. The fourth-order valence-electron chi connectivity index (χ4n) is 1.93. The van der Waals surface area contributed by atoms with Crippen molar-refractivity contribution in [1.29, 1.82) is 0 Å². The Hall–Kier alpha value is -2.24. The van der Waals surface area contributed by atoms with Crippen LogP contribution in [0.25, 0.3) is 0 Å². The van der Waals surface area contributed by atoms with Crippen molar-refractivity contribution in [1.82, 2.24) is 15.4 Å². The molecule has 6 heteroatoms. The number of rotatable bonds is 5. The monoisotopic (exact) mass is 261 g/mol. The molecule has 1 aliphatic rings. The van der Waals surface area contributed by atoms with Gasteiger partial charge in [-0.15, -0.1) is 0 Å². The number of hydrogen-bond acceptors (Lipinski definition) is 4. The molecule has 1 saturated carbocycles. The van der Waals surface area contributed by atoms with Crippen LogP contribution < -0.4 is 5.32 Å². The highest BCUT2D eigenvalue weighted by Gasteiger charge is 2.32. The maximum Gasteiger partial charge on any atom is 0.318 e. The molecule has 6 nitrogen and oxygen atoms in total. The molecule has 1 fully saturated rings. The van der Waals surface area contributed by atoms with E-state index in [1.54, 1.807) is 18.6 Å². The number of amides is 2. The van der Waals surface area contributed by atoms with Crippen molar-refractivity contribution in [2.75, 3.05) is 0 Å². The van der Waals surface area contributed by atoms with Gasteiger partial charge in [0.25, 0.3) is 0 Å². The van der Waals surface area contributed by atoms with E-state index in [9.17, 15) is 4.79 Å². The van der Waals surface area contributed by atoms with Gasteiger partial charge in [-0.2, -0.15) is 0 Å². The van der Waals surface area contributed by atoms with Gasteiger partial charge in [-0.25, -0.2) is 4.79 Å². The lowest BCUT2D eigenvalue weighted by atomic mass is 10.3. The molecule has 19 heavy (non-hydrogen) atoms. The van der Waals surface area contributed by atoms with Gasteiger partial charge in [0.2, 0.25) is 0 Å². The molecule has 0 atom stereocenters. The SMILES string of the molecule is O=C(NCc1ccon1)N(Cc1ccoc1)C1CC1. The van der Waals surface area contributed by atoms with Crippen molar-refractivity contribution in [2.24, 2.45) is 0 Å². The second kappa shape index (κ2) is 5.17. The quantitative estimate of drug-likeness (QED) is 0.895. The van der Waals surface area contributed by atoms with Crippen LogP contribution in [0.2, 0.25) is 0 Å². The Kier molecular flexibility index (Phi) is 3.22. The van der Waals surface area contributed by atoms with Crippen LogP contribution in [0.5, 0.6) is 0 Å². The first-order chi connectivity index (χ1) is 9.33. The summed E-state index contributed by atoms with van der Waals surface area (Å²) in [6.07, 6.45) is 6.91. The van der Waals surface area contributed by atoms with E-state index < -0.39 is 0 Å². The van der Waals surface area contributed by atoms with Gasteiger partial charge in [0.1, 0.15) is 12.0 Å². The fraction of sp³-hybridized carbons (Fsp3) is 0.385. The van der Waals surface area contributed by atoms with Gasteiger partial charge in [0.15, 0.2) is 0 Å². The first-order valence-electron chi connectivity index (χ1n) is 6.28. The summed E-state index contributed by atoms with van der Waals surface area (Å²) >= 11 is 0. The van der Waals surface area contributed by atoms with Gasteiger partial charge < -0.3 is 19.2 Å². The Bertz CT molecular complexity index is 517. The zero-order valence-corrected chi connectivity index (χ0v) is 10.4. The van der Waals surface area contributed by atoms with E-state index in [-0.39, 0.29) is 6.03 Å². The average Bonchev–Trinajstić information content (AvgIpc) is 2.94. The van der Waals surface area contributed by atoms with Crippen molar-refractivity contribution in [3.05, 3.63) is 42.2 Å². The van der Waals surface area contributed by atoms with E-state index in [1.165, 1.54) is 6.26 Å². The van der Waals surface area contributed by atoms with Crippen molar-refractivity contribution in [3.63, 3.8) is 0 Å². The highest BCUT2D eigenvalue weighted by molar-refractivity contribution is 5.74. The van der Waals surface area contributed by atoms with Crippen LogP contribution in [0.15, 0.2) is 39.9 Å². The van der Waals surface area contributed by atoms with E-state index in [0.717, 1.165) is 18.4 Å². The molecule has 1 aliphatic carbocycles. The summed E-state index contributed by atoms with van der Waals surface area (Å²) < 4.78 is 9.76. The van der Waals surface area contributed by atoms with E-state index in [4.69, 9.17) is 8.94 Å². The highest BCUT2D eigenvalue weighted by Crippen LogP contribution is 2.28. The normalized spacial score (nSPS) is 14.3. The standard InChI is InChI=1S/C13H15N3O3/c17-13(14-7-11-4-6-19-15-11)16(12-1-2-12)8-10-3-5-18-9-10/h3-6,9,12H,1-2,7-8H2,(H,14,17). The maximum absolute atomic E-state index is 12.2. The summed E-state index contributed by atoms with van der Waals surface area (Å²) in [6.45, 7) is 0.954. The predicted octanol–water partition coefficient (Wildman–Crippen LogP) is 2.14. The molecule has 0 radical (unpaired) electrons. The van der Waals surface area contributed by atoms with Gasteiger partial charge in [-0.1, -0.05) is 5.16 Å². The van der Waals surface area contributed by atoms with Crippen molar-refractivity contribution in [3.8, 4) is 0 Å². The lowest BCUT2D eigenvalue weighted by Crippen LogP contribution is -2.40. The molecule has 0 aliphatic heterocycles. The number of carbonyl (C=O) groups is 1. The summed E-state index contributed by atoms with van der Waals surface area (Å²) in [5.41, 5.74) is 1.72. The molecule has 0 bridgehead atoms. The van der Waals surface area contributed by atoms with Gasteiger partial charge in [-0.05, 0) is 18.9 Å². The number of aromatic nitrogens is 1. The fourth-order valence-corrected chi connectivity index (χ4v) is 1.93. The van der Waals surface area contributed by atoms with Gasteiger partial charge in [0.05, 0.1) is 25.6 Å². The van der Waals surface area contributed by atoms with Crippen LogP contribution in [0.3, 0.4) is 0 Å². The second-order valence-corrected chi connectivity index (χ2v) is 4.64. The summed E-state index contributed by atoms with van der Waals surface area (Å²) in [5.74, 6) is 0. The smallest absolute Gasteiger partial charge is 0.318 e. The Morgan fingerprint density at radius 1 is 1.42 bits per heavy atom. The van der Waals surface area contributed by atoms with Crippen LogP contribution in [0.1, 0.15) is 24.1 Å². The largest absolute Gasteiger partial charge is 0.472 e. The first kappa shape index (κ1) is 11.8. The third-order valence-electron chi connectivity index (χ3n) is 3.09. The zero-order chi connectivity index (χ0) is 13.1. The molecule has 3 rings (SSSR count). The Morgan fingerprint density at radius 3 is 2.95 bits per heavy atom. The van der Waals surface area contributed by atoms with Crippen LogP contribution >= 0.6 is 0 Å². The first-order valence-corrected chi connectivity index (χ1v) is 6.28. The Labute approximate surface area is 110 Å². The van der Waals surface area contributed by atoms with Gasteiger partial charge in [-0.3, -0.25) is 0 Å². The van der Waals surface area contributed by atoms with Gasteiger partial charge >= 0.3 is 6.03 Å². The molecule has 2 aromatic heterocycles. The predicted molar refractivity (Wildman–Crippen MR) is 66.0 cm³/mol. The van der Waals surface area contributed by atoms with Crippen molar-refractivity contribution < 1.29 is 13.7 Å². The lowest BCUT2D eigenvalue weighted by Gasteiger charge is -2.21. The van der Waals surface area contributed by atoms with Crippen LogP contribution in [0, 0.1) is 0 Å². The third-order valence-corrected chi connectivity index (χ3v) is 3.09. The number of carbonyl (C=O) groups excluding carboxylic acids is 1. The molecule has 2 heterocycles. The molecule has 2 amide bonds. The average molecular weight is 261 g/mol. The second-order valence-electron chi connectivity index (χ2n) is 4.64. The topological polar surface area (TPSA) is 71.5 Å². The lowest BCUT2D eigenvalue weighted by molar-refractivity contribution is 0.191. The number of furan rings is 1. The number of nitrogens with one attached hydrogen (secondary N) is 1. The summed E-state index contributed by atoms with van der Waals surface area (Å²) in [7, 11) is 0. The minimum absolute atomic E-state index is 0.0771. The van der Waals surface area contributed by atoms with Crippen LogP contribution in [-0.4, -0.2) is 22.1 Å². The van der Waals surface area contributed by atoms with Crippen LogP contribution in [-0.2, 0) is 13.1 Å². The van der Waals surface area contributed by atoms with E-state index in [1.807, 2.05) is 11.0 Å². The third kappa shape index (κ3) is 2.96. The molecular weight excluding hydrogens is 246 g/mol. The van der Waals surface area contributed by atoms with E-state index in [2.05, 4.69) is 10.5 Å². The zero-order valence-electron chi connectivity index (χ0n) is 10.4. The van der Waals surface area contributed by atoms with E-state index in [0.29, 0.717) is 24.8 Å².